The average Bonchev–Trinajstić information content (AvgIpc) is 2.90. The van der Waals surface area contributed by atoms with Crippen LogP contribution in [0.4, 0.5) is 23.5 Å². The van der Waals surface area contributed by atoms with Crippen LogP contribution in [0.1, 0.15) is 16.7 Å². The second kappa shape index (κ2) is 11.5. The second-order valence-electron chi connectivity index (χ2n) is 8.15. The predicted octanol–water partition coefficient (Wildman–Crippen LogP) is 3.54. The maximum atomic E-state index is 5.48. The van der Waals surface area contributed by atoms with Crippen molar-refractivity contribution in [2.75, 3.05) is 63.3 Å². The van der Waals surface area contributed by atoms with Crippen LogP contribution in [-0.2, 0) is 4.74 Å². The van der Waals surface area contributed by atoms with Crippen molar-refractivity contribution in [1.82, 2.24) is 15.0 Å². The van der Waals surface area contributed by atoms with Crippen LogP contribution in [0.2, 0.25) is 0 Å². The van der Waals surface area contributed by atoms with Gasteiger partial charge in [0.15, 0.2) is 11.5 Å². The molecule has 4 rings (SSSR count). The number of benzene rings is 2. The molecular formula is C25H31N7O4. The number of hydrazone groups is 1. The van der Waals surface area contributed by atoms with E-state index in [9.17, 15) is 0 Å². The van der Waals surface area contributed by atoms with Gasteiger partial charge in [-0.1, -0.05) is 12.1 Å². The number of ether oxygens (including phenoxy) is 4. The van der Waals surface area contributed by atoms with Crippen LogP contribution >= 0.6 is 0 Å². The lowest BCUT2D eigenvalue weighted by molar-refractivity contribution is 0.122. The normalized spacial score (nSPS) is 13.5. The summed E-state index contributed by atoms with van der Waals surface area (Å²) in [5, 5.41) is 7.66. The third kappa shape index (κ3) is 5.92. The summed E-state index contributed by atoms with van der Waals surface area (Å²) in [6.45, 7) is 6.71. The largest absolute Gasteiger partial charge is 0.493 e. The molecule has 1 aliphatic heterocycles. The van der Waals surface area contributed by atoms with E-state index in [0.29, 0.717) is 61.4 Å². The Morgan fingerprint density at radius 1 is 0.917 bits per heavy atom. The van der Waals surface area contributed by atoms with Crippen LogP contribution in [0, 0.1) is 13.8 Å². The first-order chi connectivity index (χ1) is 17.5. The first-order valence-corrected chi connectivity index (χ1v) is 11.5. The van der Waals surface area contributed by atoms with Gasteiger partial charge in [0, 0.05) is 24.3 Å². The molecule has 2 N–H and O–H groups in total. The molecule has 0 saturated carbocycles. The van der Waals surface area contributed by atoms with E-state index in [1.165, 1.54) is 0 Å². The molecule has 36 heavy (non-hydrogen) atoms. The van der Waals surface area contributed by atoms with Crippen LogP contribution in [0.25, 0.3) is 0 Å². The Bertz CT molecular complexity index is 1200. The summed E-state index contributed by atoms with van der Waals surface area (Å²) in [6, 6.07) is 9.78. The Kier molecular flexibility index (Phi) is 8.01. The van der Waals surface area contributed by atoms with E-state index < -0.39 is 0 Å². The Hall–Kier alpha value is -4.12. The van der Waals surface area contributed by atoms with Crippen LogP contribution in [-0.4, -0.2) is 68.8 Å². The van der Waals surface area contributed by atoms with Crippen molar-refractivity contribution in [3.63, 3.8) is 0 Å². The summed E-state index contributed by atoms with van der Waals surface area (Å²) in [6.07, 6.45) is 1.63. The van der Waals surface area contributed by atoms with E-state index in [4.69, 9.17) is 18.9 Å². The molecule has 190 valence electrons. The molecule has 3 aromatic rings. The minimum atomic E-state index is 0.308. The van der Waals surface area contributed by atoms with Gasteiger partial charge < -0.3 is 29.2 Å². The summed E-state index contributed by atoms with van der Waals surface area (Å²) in [5.74, 6) is 2.86. The molecule has 1 fully saturated rings. The number of nitrogens with one attached hydrogen (secondary N) is 2. The average molecular weight is 494 g/mol. The summed E-state index contributed by atoms with van der Waals surface area (Å²) < 4.78 is 21.7. The van der Waals surface area contributed by atoms with Crippen LogP contribution in [0.3, 0.4) is 0 Å². The molecule has 0 atom stereocenters. The number of morpholine rings is 1. The SMILES string of the molecule is COc1cc(C=NNc2nc(Nc3cc(C)ccc3C)nc(N3CCOCC3)n2)cc(OC)c1OC. The van der Waals surface area contributed by atoms with Crippen LogP contribution in [0.15, 0.2) is 35.4 Å². The smallest absolute Gasteiger partial charge is 0.250 e. The van der Waals surface area contributed by atoms with Gasteiger partial charge in [0.2, 0.25) is 23.6 Å². The predicted molar refractivity (Wildman–Crippen MR) is 139 cm³/mol. The fraction of sp³-hybridized carbons (Fsp3) is 0.360. The second-order valence-corrected chi connectivity index (χ2v) is 8.15. The van der Waals surface area contributed by atoms with Crippen LogP contribution < -0.4 is 29.9 Å². The molecule has 0 aliphatic carbocycles. The van der Waals surface area contributed by atoms with Gasteiger partial charge in [0.05, 0.1) is 40.8 Å². The van der Waals surface area contributed by atoms with Crippen LogP contribution in [0.5, 0.6) is 17.2 Å². The molecule has 11 heteroatoms. The maximum Gasteiger partial charge on any atom is 0.250 e. The van der Waals surface area contributed by atoms with Gasteiger partial charge in [0.1, 0.15) is 0 Å². The Balaban J connectivity index is 1.61. The number of hydrogen-bond acceptors (Lipinski definition) is 11. The minimum absolute atomic E-state index is 0.308. The van der Waals surface area contributed by atoms with E-state index in [1.54, 1.807) is 39.7 Å². The highest BCUT2D eigenvalue weighted by atomic mass is 16.5. The zero-order valence-electron chi connectivity index (χ0n) is 21.2. The van der Waals surface area contributed by atoms with Crippen molar-refractivity contribution in [1.29, 1.82) is 0 Å². The highest BCUT2D eigenvalue weighted by Crippen LogP contribution is 2.37. The van der Waals surface area contributed by atoms with Crippen molar-refractivity contribution in [3.05, 3.63) is 47.0 Å². The number of methoxy groups -OCH3 is 3. The standard InChI is InChI=1S/C25H31N7O4/c1-16-6-7-17(2)19(12-16)27-23-28-24(30-25(29-23)32-8-10-36-11-9-32)31-26-15-18-13-20(33-3)22(35-5)21(14-18)34-4/h6-7,12-15H,8-11H2,1-5H3,(H2,27,28,29,30,31). The Morgan fingerprint density at radius 2 is 1.61 bits per heavy atom. The highest BCUT2D eigenvalue weighted by Gasteiger charge is 2.17. The zero-order valence-corrected chi connectivity index (χ0v) is 21.2. The summed E-state index contributed by atoms with van der Waals surface area (Å²) in [7, 11) is 4.70. The van der Waals surface area contributed by atoms with Crippen molar-refractivity contribution in [2.24, 2.45) is 5.10 Å². The summed E-state index contributed by atoms with van der Waals surface area (Å²) in [4.78, 5) is 15.8. The van der Waals surface area contributed by atoms with E-state index in [2.05, 4.69) is 53.9 Å². The van der Waals surface area contributed by atoms with Gasteiger partial charge >= 0.3 is 0 Å². The molecule has 2 heterocycles. The topological polar surface area (TPSA) is 115 Å². The number of aromatic nitrogens is 3. The van der Waals surface area contributed by atoms with E-state index >= 15 is 0 Å². The highest BCUT2D eigenvalue weighted by molar-refractivity contribution is 5.83. The molecular weight excluding hydrogens is 462 g/mol. The maximum absolute atomic E-state index is 5.48. The monoisotopic (exact) mass is 493 g/mol. The lowest BCUT2D eigenvalue weighted by Gasteiger charge is -2.27. The van der Waals surface area contributed by atoms with Crippen molar-refractivity contribution in [2.45, 2.75) is 13.8 Å². The van der Waals surface area contributed by atoms with Gasteiger partial charge in [0.25, 0.3) is 0 Å². The van der Waals surface area contributed by atoms with Gasteiger partial charge in [-0.05, 0) is 43.2 Å². The quantitative estimate of drug-likeness (QED) is 0.339. The lowest BCUT2D eigenvalue weighted by atomic mass is 10.1. The molecule has 1 aromatic heterocycles. The number of aryl methyl sites for hydroxylation is 2. The third-order valence-corrected chi connectivity index (χ3v) is 5.62. The lowest BCUT2D eigenvalue weighted by Crippen LogP contribution is -2.37. The zero-order chi connectivity index (χ0) is 25.5. The molecule has 0 unspecified atom stereocenters. The molecule has 0 amide bonds. The number of hydrogen-bond donors (Lipinski definition) is 2. The van der Waals surface area contributed by atoms with E-state index in [-0.39, 0.29) is 0 Å². The molecule has 0 spiro atoms. The van der Waals surface area contributed by atoms with Crippen molar-refractivity contribution < 1.29 is 18.9 Å². The van der Waals surface area contributed by atoms with Gasteiger partial charge in [-0.2, -0.15) is 20.1 Å². The first kappa shape index (κ1) is 25.0. The molecule has 1 aliphatic rings. The molecule has 2 aromatic carbocycles. The summed E-state index contributed by atoms with van der Waals surface area (Å²) in [5.41, 5.74) is 6.82. The van der Waals surface area contributed by atoms with Gasteiger partial charge in [-0.3, -0.25) is 0 Å². The van der Waals surface area contributed by atoms with Gasteiger partial charge in [-0.15, -0.1) is 0 Å². The van der Waals surface area contributed by atoms with E-state index in [0.717, 1.165) is 22.4 Å². The first-order valence-electron chi connectivity index (χ1n) is 11.5. The number of rotatable bonds is 9. The fourth-order valence-corrected chi connectivity index (χ4v) is 3.71. The number of anilines is 4. The molecule has 0 radical (unpaired) electrons. The molecule has 0 bridgehead atoms. The fourth-order valence-electron chi connectivity index (χ4n) is 3.71. The number of nitrogens with zero attached hydrogens (tertiary/aromatic N) is 5. The Labute approximate surface area is 210 Å². The summed E-state index contributed by atoms with van der Waals surface area (Å²) >= 11 is 0. The van der Waals surface area contributed by atoms with Crippen molar-refractivity contribution in [3.8, 4) is 17.2 Å². The van der Waals surface area contributed by atoms with Crippen molar-refractivity contribution >= 4 is 29.7 Å². The minimum Gasteiger partial charge on any atom is -0.493 e. The molecule has 1 saturated heterocycles. The third-order valence-electron chi connectivity index (χ3n) is 5.62. The van der Waals surface area contributed by atoms with E-state index in [1.807, 2.05) is 13.8 Å². The Morgan fingerprint density at radius 3 is 2.28 bits per heavy atom. The molecule has 11 nitrogen and oxygen atoms in total. The van der Waals surface area contributed by atoms with Gasteiger partial charge in [-0.25, -0.2) is 5.43 Å².